The third-order valence-corrected chi connectivity index (χ3v) is 6.13. The zero-order valence-electron chi connectivity index (χ0n) is 27.6. The number of H-pyrrole nitrogens is 2. The van der Waals surface area contributed by atoms with Crippen LogP contribution in [0.5, 0.6) is 0 Å². The van der Waals surface area contributed by atoms with Crippen LogP contribution < -0.4 is 0 Å². The number of rotatable bonds is 0. The van der Waals surface area contributed by atoms with Gasteiger partial charge in [-0.2, -0.15) is 194 Å². The first kappa shape index (κ1) is 45.6. The van der Waals surface area contributed by atoms with Crippen molar-refractivity contribution in [2.45, 2.75) is 0 Å². The molecule has 0 atom stereocenters. The van der Waals surface area contributed by atoms with E-state index in [1.165, 1.54) is 0 Å². The number of aromatic nitrogens is 4. The molecule has 9 rings (SSSR count). The van der Waals surface area contributed by atoms with E-state index in [9.17, 15) is 0 Å². The molecule has 5 heterocycles. The Labute approximate surface area is 348 Å². The largest absolute Gasteiger partial charge is 2.00 e. The summed E-state index contributed by atoms with van der Waals surface area (Å²) in [6.07, 6.45) is 7.67. The van der Waals surface area contributed by atoms with Crippen LogP contribution in [-0.2, 0) is 68.3 Å². The second-order valence-corrected chi connectivity index (χ2v) is 9.81. The number of nitrogens with zero attached hydrogens (tertiary/aromatic N) is 2. The van der Waals surface area contributed by atoms with Crippen LogP contribution in [-0.4, -0.2) is 19.9 Å². The summed E-state index contributed by atoms with van der Waals surface area (Å²) in [5, 5.41) is 0. The minimum atomic E-state index is 0. The van der Waals surface area contributed by atoms with Crippen LogP contribution in [0.1, 0.15) is 22.8 Å². The van der Waals surface area contributed by atoms with Gasteiger partial charge in [0, 0.05) is 0 Å². The van der Waals surface area contributed by atoms with Gasteiger partial charge in [0.25, 0.3) is 0 Å². The predicted octanol–water partition coefficient (Wildman–Crippen LogP) is 9.79. The molecule has 254 valence electrons. The fourth-order valence-corrected chi connectivity index (χ4v) is 4.00. The third kappa shape index (κ3) is 17.7. The maximum Gasteiger partial charge on any atom is 2.00 e. The van der Waals surface area contributed by atoms with Gasteiger partial charge in [-0.05, 0) is 0 Å². The summed E-state index contributed by atoms with van der Waals surface area (Å²) < 4.78 is 0. The molecular weight excluding hydrogens is 804 g/mol. The Bertz CT molecular complexity index is 1730. The van der Waals surface area contributed by atoms with Crippen LogP contribution >= 0.6 is 0 Å². The van der Waals surface area contributed by atoms with E-state index in [0.29, 0.717) is 0 Å². The molecule has 7 aromatic rings. The van der Waals surface area contributed by atoms with E-state index in [-0.39, 0.29) is 68.3 Å². The smallest absolute Gasteiger partial charge is 0.403 e. The summed E-state index contributed by atoms with van der Waals surface area (Å²) in [4.78, 5) is 15.5. The maximum absolute atomic E-state index is 4.50. The van der Waals surface area contributed by atoms with Gasteiger partial charge in [0.2, 0.25) is 0 Å². The molecule has 3 aromatic heterocycles. The van der Waals surface area contributed by atoms with Gasteiger partial charge < -0.3 is 19.9 Å². The number of hydrogen-bond donors (Lipinski definition) is 2. The SMILES string of the molecule is [Mn+2].[Mn+2].[Mn+2].[Mn+2].[c-]1c2nc([c-]c3ccc([c-]c4nc([c-]c5ccc1[nH]5)C=C4)[nH]3)C=C2.[c-]1ccccc1.[c-]1ccccc1.[c-]1ccccc1.[c-]1ccccc1. The Morgan fingerprint density at radius 3 is 0.673 bits per heavy atom. The molecule has 52 heavy (non-hydrogen) atoms. The minimum absolute atomic E-state index is 0. The number of benzene rings is 4. The summed E-state index contributed by atoms with van der Waals surface area (Å²) in [5.41, 5.74) is 6.44. The Hall–Kier alpha value is -4.44. The number of hydrogen-bond acceptors (Lipinski definition) is 2. The van der Waals surface area contributed by atoms with Gasteiger partial charge in [0.05, 0.1) is 0 Å². The van der Waals surface area contributed by atoms with Crippen molar-refractivity contribution in [3.8, 4) is 0 Å². The van der Waals surface area contributed by atoms with Crippen molar-refractivity contribution in [2.75, 3.05) is 0 Å². The van der Waals surface area contributed by atoms with Crippen LogP contribution in [0, 0.1) is 48.5 Å². The van der Waals surface area contributed by atoms with Gasteiger partial charge in [-0.3, -0.25) is 0 Å². The molecule has 4 nitrogen and oxygen atoms in total. The van der Waals surface area contributed by atoms with E-state index in [1.807, 2.05) is 170 Å². The standard InChI is InChI=1S/C20H10N4.4C6H5.4Mn/c1-2-14-10-16-5-6-18(23-16)12-20-8-7-19(24-20)11-17-4-3-15(22-17)9-13(1)21-14;4*1-2-4-6-5-3-1;;;;/h1-8,21,24H;4*1-5H;;;;/q-4;4*-1;4*+2. The average Bonchev–Trinajstić information content (AvgIpc) is 4.00. The molecule has 2 aliphatic rings. The molecule has 4 aromatic carbocycles. The molecule has 0 spiro atoms. The zero-order valence-corrected chi connectivity index (χ0v) is 32.3. The van der Waals surface area contributed by atoms with Crippen LogP contribution in [0.25, 0.3) is 46.4 Å². The van der Waals surface area contributed by atoms with Crippen molar-refractivity contribution in [1.82, 2.24) is 19.9 Å². The summed E-state index contributed by atoms with van der Waals surface area (Å²) >= 11 is 0. The summed E-state index contributed by atoms with van der Waals surface area (Å²) in [7, 11) is 0. The molecule has 2 N–H and O–H groups in total. The van der Waals surface area contributed by atoms with Gasteiger partial charge in [-0.1, -0.05) is 44.8 Å². The number of fused-ring (bicyclic) bond motifs is 8. The second kappa shape index (κ2) is 27.2. The van der Waals surface area contributed by atoms with E-state index in [0.717, 1.165) is 44.8 Å². The quantitative estimate of drug-likeness (QED) is 0.118. The van der Waals surface area contributed by atoms with Gasteiger partial charge in [-0.15, -0.1) is 24.3 Å². The van der Waals surface area contributed by atoms with E-state index >= 15 is 0 Å². The van der Waals surface area contributed by atoms with Crippen LogP contribution in [0.4, 0.5) is 0 Å². The Morgan fingerprint density at radius 2 is 0.519 bits per heavy atom. The first-order valence-electron chi connectivity index (χ1n) is 15.2. The zero-order chi connectivity index (χ0) is 32.9. The van der Waals surface area contributed by atoms with Gasteiger partial charge in [0.15, 0.2) is 0 Å². The topological polar surface area (TPSA) is 57.4 Å². The fraction of sp³-hybridized carbons (Fsp3) is 0. The molecule has 8 bridgehead atoms. The average molecular weight is 835 g/mol. The van der Waals surface area contributed by atoms with Crippen molar-refractivity contribution in [1.29, 1.82) is 0 Å². The van der Waals surface area contributed by atoms with E-state index in [2.05, 4.69) is 68.5 Å². The van der Waals surface area contributed by atoms with Crippen molar-refractivity contribution >= 4 is 46.4 Å². The number of aromatic amines is 2. The molecule has 4 radical (unpaired) electrons. The van der Waals surface area contributed by atoms with Crippen LogP contribution in [0.15, 0.2) is 146 Å². The van der Waals surface area contributed by atoms with Gasteiger partial charge in [-0.25, -0.2) is 0 Å². The first-order chi connectivity index (χ1) is 23.8. The van der Waals surface area contributed by atoms with Crippen molar-refractivity contribution in [2.24, 2.45) is 0 Å². The maximum atomic E-state index is 4.50. The van der Waals surface area contributed by atoms with Gasteiger partial charge in [0.1, 0.15) is 0 Å². The molecule has 8 heteroatoms. The van der Waals surface area contributed by atoms with Crippen molar-refractivity contribution in [3.05, 3.63) is 217 Å². The van der Waals surface area contributed by atoms with Crippen LogP contribution in [0.3, 0.4) is 0 Å². The fourth-order valence-electron chi connectivity index (χ4n) is 4.00. The summed E-state index contributed by atoms with van der Waals surface area (Å²) in [6.45, 7) is 0. The van der Waals surface area contributed by atoms with E-state index in [4.69, 9.17) is 0 Å². The molecule has 0 saturated heterocycles. The van der Waals surface area contributed by atoms with E-state index < -0.39 is 0 Å². The molecule has 0 unspecified atom stereocenters. The van der Waals surface area contributed by atoms with Crippen molar-refractivity contribution in [3.63, 3.8) is 0 Å². The second-order valence-electron chi connectivity index (χ2n) is 9.81. The molecule has 0 aliphatic carbocycles. The van der Waals surface area contributed by atoms with Gasteiger partial charge >= 0.3 is 68.3 Å². The van der Waals surface area contributed by atoms with Crippen LogP contribution in [0.2, 0.25) is 0 Å². The molecule has 0 fully saturated rings. The Kier molecular flexibility index (Phi) is 23.9. The monoisotopic (exact) mass is 834 g/mol. The molecule has 0 amide bonds. The number of nitrogens with one attached hydrogen (secondary N) is 2. The summed E-state index contributed by atoms with van der Waals surface area (Å²) in [5.74, 6) is 0. The van der Waals surface area contributed by atoms with Crippen molar-refractivity contribution < 1.29 is 68.3 Å². The molecular formula is C44H30Mn4N4. The molecule has 2 aliphatic heterocycles. The minimum Gasteiger partial charge on any atom is -0.403 e. The Balaban J connectivity index is 0.000000396. The Morgan fingerprint density at radius 1 is 0.308 bits per heavy atom. The van der Waals surface area contributed by atoms with E-state index in [1.54, 1.807) is 0 Å². The predicted molar refractivity (Wildman–Crippen MR) is 195 cm³/mol. The molecule has 0 saturated carbocycles. The normalized spacial score (nSPS) is 9.54. The third-order valence-electron chi connectivity index (χ3n) is 6.13. The summed E-state index contributed by atoms with van der Waals surface area (Å²) in [6, 6.07) is 70.7. The first-order valence-corrected chi connectivity index (χ1v) is 15.2.